The van der Waals surface area contributed by atoms with Gasteiger partial charge in [-0.1, -0.05) is 0 Å². The lowest BCUT2D eigenvalue weighted by Gasteiger charge is -2.30. The minimum Gasteiger partial charge on any atom is -0.351 e. The number of benzene rings is 1. The van der Waals surface area contributed by atoms with Crippen LogP contribution in [0.5, 0.6) is 0 Å². The van der Waals surface area contributed by atoms with E-state index in [2.05, 4.69) is 47.9 Å². The van der Waals surface area contributed by atoms with Crippen LogP contribution in [0.2, 0.25) is 0 Å². The molecule has 2 rings (SSSR count). The van der Waals surface area contributed by atoms with Gasteiger partial charge in [0.05, 0.1) is 17.4 Å². The average Bonchev–Trinajstić information content (AvgIpc) is 2.89. The minimum absolute atomic E-state index is 0.0426. The Kier molecular flexibility index (Phi) is 4.96. The molecule has 0 bridgehead atoms. The SMILES string of the molecule is CC(C)N(CCNC(=O)c1ccc2nc[nH]c2c1)C(C)C. The third-order valence-corrected chi connectivity index (χ3v) is 3.66. The van der Waals surface area contributed by atoms with Crippen LogP contribution < -0.4 is 5.32 Å². The summed E-state index contributed by atoms with van der Waals surface area (Å²) in [6.45, 7) is 10.2. The molecular formula is C16H24N4O. The number of imidazole rings is 1. The van der Waals surface area contributed by atoms with Crippen molar-refractivity contribution >= 4 is 16.9 Å². The number of aromatic amines is 1. The van der Waals surface area contributed by atoms with E-state index >= 15 is 0 Å². The Balaban J connectivity index is 1.92. The Morgan fingerprint density at radius 3 is 2.67 bits per heavy atom. The molecular weight excluding hydrogens is 264 g/mol. The molecule has 5 heteroatoms. The van der Waals surface area contributed by atoms with Crippen LogP contribution in [0.4, 0.5) is 0 Å². The van der Waals surface area contributed by atoms with Crippen molar-refractivity contribution in [2.45, 2.75) is 39.8 Å². The molecule has 1 amide bonds. The molecule has 114 valence electrons. The van der Waals surface area contributed by atoms with E-state index < -0.39 is 0 Å². The van der Waals surface area contributed by atoms with E-state index in [-0.39, 0.29) is 5.91 Å². The second-order valence-corrected chi connectivity index (χ2v) is 5.82. The highest BCUT2D eigenvalue weighted by atomic mass is 16.1. The fourth-order valence-corrected chi connectivity index (χ4v) is 2.59. The topological polar surface area (TPSA) is 61.0 Å². The molecule has 1 heterocycles. The maximum Gasteiger partial charge on any atom is 0.251 e. The second-order valence-electron chi connectivity index (χ2n) is 5.82. The molecule has 0 saturated carbocycles. The van der Waals surface area contributed by atoms with E-state index in [9.17, 15) is 4.79 Å². The van der Waals surface area contributed by atoms with Crippen molar-refractivity contribution in [2.24, 2.45) is 0 Å². The van der Waals surface area contributed by atoms with Crippen molar-refractivity contribution in [2.75, 3.05) is 13.1 Å². The Morgan fingerprint density at radius 1 is 1.29 bits per heavy atom. The number of hydrogen-bond donors (Lipinski definition) is 2. The number of aromatic nitrogens is 2. The normalized spacial score (nSPS) is 11.8. The zero-order valence-electron chi connectivity index (χ0n) is 13.2. The summed E-state index contributed by atoms with van der Waals surface area (Å²) in [5, 5.41) is 2.98. The second kappa shape index (κ2) is 6.72. The van der Waals surface area contributed by atoms with Crippen LogP contribution in [0.1, 0.15) is 38.1 Å². The zero-order valence-corrected chi connectivity index (χ0v) is 13.2. The summed E-state index contributed by atoms with van der Waals surface area (Å²) in [4.78, 5) is 21.7. The first-order valence-electron chi connectivity index (χ1n) is 7.46. The Hall–Kier alpha value is -1.88. The fourth-order valence-electron chi connectivity index (χ4n) is 2.59. The van der Waals surface area contributed by atoms with E-state index in [0.29, 0.717) is 24.2 Å². The van der Waals surface area contributed by atoms with Gasteiger partial charge in [0.1, 0.15) is 0 Å². The zero-order chi connectivity index (χ0) is 15.4. The number of amides is 1. The molecule has 0 fully saturated rings. The van der Waals surface area contributed by atoms with Crippen LogP contribution in [-0.4, -0.2) is 45.9 Å². The van der Waals surface area contributed by atoms with Gasteiger partial charge in [0.2, 0.25) is 0 Å². The molecule has 0 atom stereocenters. The number of carbonyl (C=O) groups is 1. The fraction of sp³-hybridized carbons (Fsp3) is 0.500. The molecule has 0 radical (unpaired) electrons. The van der Waals surface area contributed by atoms with E-state index in [1.54, 1.807) is 12.4 Å². The van der Waals surface area contributed by atoms with Crippen molar-refractivity contribution in [3.05, 3.63) is 30.1 Å². The van der Waals surface area contributed by atoms with Gasteiger partial charge in [-0.15, -0.1) is 0 Å². The lowest BCUT2D eigenvalue weighted by atomic mass is 10.2. The number of rotatable bonds is 6. The van der Waals surface area contributed by atoms with Crippen LogP contribution in [0, 0.1) is 0 Å². The van der Waals surface area contributed by atoms with Crippen molar-refractivity contribution in [3.63, 3.8) is 0 Å². The van der Waals surface area contributed by atoms with Gasteiger partial charge in [0.15, 0.2) is 0 Å². The van der Waals surface area contributed by atoms with Crippen LogP contribution in [0.25, 0.3) is 11.0 Å². The maximum absolute atomic E-state index is 12.2. The van der Waals surface area contributed by atoms with Gasteiger partial charge in [-0.25, -0.2) is 4.98 Å². The summed E-state index contributed by atoms with van der Waals surface area (Å²) in [5.74, 6) is -0.0426. The van der Waals surface area contributed by atoms with Gasteiger partial charge in [-0.05, 0) is 45.9 Å². The van der Waals surface area contributed by atoms with Crippen LogP contribution >= 0.6 is 0 Å². The largest absolute Gasteiger partial charge is 0.351 e. The average molecular weight is 288 g/mol. The number of carbonyl (C=O) groups excluding carboxylic acids is 1. The molecule has 0 aliphatic rings. The molecule has 0 aliphatic heterocycles. The van der Waals surface area contributed by atoms with Crippen LogP contribution in [-0.2, 0) is 0 Å². The summed E-state index contributed by atoms with van der Waals surface area (Å²) in [7, 11) is 0. The molecule has 1 aromatic carbocycles. The van der Waals surface area contributed by atoms with Crippen molar-refractivity contribution in [1.82, 2.24) is 20.2 Å². The molecule has 0 spiro atoms. The first-order chi connectivity index (χ1) is 9.99. The lowest BCUT2D eigenvalue weighted by Crippen LogP contribution is -2.42. The quantitative estimate of drug-likeness (QED) is 0.858. The monoisotopic (exact) mass is 288 g/mol. The highest BCUT2D eigenvalue weighted by molar-refractivity contribution is 5.97. The van der Waals surface area contributed by atoms with Crippen LogP contribution in [0.3, 0.4) is 0 Å². The van der Waals surface area contributed by atoms with Crippen molar-refractivity contribution < 1.29 is 4.79 Å². The molecule has 21 heavy (non-hydrogen) atoms. The molecule has 0 aliphatic carbocycles. The van der Waals surface area contributed by atoms with Gasteiger partial charge in [0.25, 0.3) is 5.91 Å². The van der Waals surface area contributed by atoms with E-state index in [0.717, 1.165) is 17.6 Å². The summed E-state index contributed by atoms with van der Waals surface area (Å²) in [6.07, 6.45) is 1.63. The number of H-pyrrole nitrogens is 1. The third kappa shape index (κ3) is 3.82. The van der Waals surface area contributed by atoms with Crippen molar-refractivity contribution in [1.29, 1.82) is 0 Å². The number of nitrogens with zero attached hydrogens (tertiary/aromatic N) is 2. The van der Waals surface area contributed by atoms with E-state index in [1.807, 2.05) is 12.1 Å². The van der Waals surface area contributed by atoms with Gasteiger partial charge in [0, 0.05) is 30.7 Å². The predicted molar refractivity (Wildman–Crippen MR) is 85.4 cm³/mol. The Morgan fingerprint density at radius 2 is 2.00 bits per heavy atom. The lowest BCUT2D eigenvalue weighted by molar-refractivity contribution is 0.0939. The van der Waals surface area contributed by atoms with Gasteiger partial charge in [-0.2, -0.15) is 0 Å². The number of hydrogen-bond acceptors (Lipinski definition) is 3. The van der Waals surface area contributed by atoms with E-state index in [1.165, 1.54) is 0 Å². The standard InChI is InChI=1S/C16H24N4O/c1-11(2)20(12(3)4)8-7-17-16(21)13-5-6-14-15(9-13)19-10-18-14/h5-6,9-12H,7-8H2,1-4H3,(H,17,21)(H,18,19). The van der Waals surface area contributed by atoms with Crippen molar-refractivity contribution in [3.8, 4) is 0 Å². The van der Waals surface area contributed by atoms with Crippen LogP contribution in [0.15, 0.2) is 24.5 Å². The van der Waals surface area contributed by atoms with E-state index in [4.69, 9.17) is 0 Å². The molecule has 2 aromatic rings. The number of fused-ring (bicyclic) bond motifs is 1. The highest BCUT2D eigenvalue weighted by Crippen LogP contribution is 2.11. The summed E-state index contributed by atoms with van der Waals surface area (Å²) < 4.78 is 0. The van der Waals surface area contributed by atoms with Gasteiger partial charge in [-0.3, -0.25) is 9.69 Å². The maximum atomic E-state index is 12.2. The highest BCUT2D eigenvalue weighted by Gasteiger charge is 2.13. The molecule has 5 nitrogen and oxygen atoms in total. The summed E-state index contributed by atoms with van der Waals surface area (Å²) >= 11 is 0. The smallest absolute Gasteiger partial charge is 0.251 e. The minimum atomic E-state index is -0.0426. The molecule has 0 unspecified atom stereocenters. The predicted octanol–water partition coefficient (Wildman–Crippen LogP) is 2.41. The first kappa shape index (κ1) is 15.5. The summed E-state index contributed by atoms with van der Waals surface area (Å²) in [6, 6.07) is 6.45. The molecule has 2 N–H and O–H groups in total. The third-order valence-electron chi connectivity index (χ3n) is 3.66. The molecule has 1 aromatic heterocycles. The first-order valence-corrected chi connectivity index (χ1v) is 7.46. The Bertz CT molecular complexity index is 595. The molecule has 0 saturated heterocycles. The number of nitrogens with one attached hydrogen (secondary N) is 2. The Labute approximate surface area is 125 Å². The van der Waals surface area contributed by atoms with Gasteiger partial charge < -0.3 is 10.3 Å². The van der Waals surface area contributed by atoms with Gasteiger partial charge >= 0.3 is 0 Å². The summed E-state index contributed by atoms with van der Waals surface area (Å²) in [5.41, 5.74) is 2.42.